The van der Waals surface area contributed by atoms with Crippen molar-refractivity contribution in [2.75, 3.05) is 0 Å². The van der Waals surface area contributed by atoms with Crippen molar-refractivity contribution in [1.82, 2.24) is 5.32 Å². The Balaban J connectivity index is 2.71. The van der Waals surface area contributed by atoms with E-state index in [-0.39, 0.29) is 17.5 Å². The molecule has 1 amide bonds. The smallest absolute Gasteiger partial charge is 0.350 e. The third-order valence-corrected chi connectivity index (χ3v) is 2.57. The SMILES string of the molecule is CCCC(C)NC(=O)c1ccc(C(F)(F)F)cc1. The van der Waals surface area contributed by atoms with Gasteiger partial charge in [0.1, 0.15) is 0 Å². The van der Waals surface area contributed by atoms with E-state index in [0.717, 1.165) is 25.0 Å². The Kier molecular flexibility index (Phi) is 4.76. The molecule has 0 saturated heterocycles. The first-order valence-corrected chi connectivity index (χ1v) is 5.82. The van der Waals surface area contributed by atoms with Crippen LogP contribution in [-0.4, -0.2) is 11.9 Å². The number of carbonyl (C=O) groups excluding carboxylic acids is 1. The number of benzene rings is 1. The fourth-order valence-corrected chi connectivity index (χ4v) is 1.62. The lowest BCUT2D eigenvalue weighted by Gasteiger charge is -2.13. The quantitative estimate of drug-likeness (QED) is 0.879. The van der Waals surface area contributed by atoms with Crippen LogP contribution in [0.2, 0.25) is 0 Å². The lowest BCUT2D eigenvalue weighted by Crippen LogP contribution is -2.32. The molecule has 18 heavy (non-hydrogen) atoms. The highest BCUT2D eigenvalue weighted by atomic mass is 19.4. The van der Waals surface area contributed by atoms with Gasteiger partial charge in [0.2, 0.25) is 0 Å². The minimum atomic E-state index is -4.37. The molecular formula is C13H16F3NO. The molecule has 0 heterocycles. The van der Waals surface area contributed by atoms with E-state index in [9.17, 15) is 18.0 Å². The van der Waals surface area contributed by atoms with Gasteiger partial charge in [0.05, 0.1) is 5.56 Å². The Morgan fingerprint density at radius 3 is 2.28 bits per heavy atom. The Morgan fingerprint density at radius 2 is 1.83 bits per heavy atom. The van der Waals surface area contributed by atoms with E-state index >= 15 is 0 Å². The number of alkyl halides is 3. The van der Waals surface area contributed by atoms with Crippen LogP contribution in [0.25, 0.3) is 0 Å². The molecular weight excluding hydrogens is 243 g/mol. The zero-order valence-corrected chi connectivity index (χ0v) is 10.3. The zero-order valence-electron chi connectivity index (χ0n) is 10.3. The number of hydrogen-bond acceptors (Lipinski definition) is 1. The second kappa shape index (κ2) is 5.89. The maximum absolute atomic E-state index is 12.3. The molecule has 0 saturated carbocycles. The Morgan fingerprint density at radius 1 is 1.28 bits per heavy atom. The van der Waals surface area contributed by atoms with Crippen molar-refractivity contribution in [2.24, 2.45) is 0 Å². The topological polar surface area (TPSA) is 29.1 Å². The van der Waals surface area contributed by atoms with Crippen LogP contribution in [0.5, 0.6) is 0 Å². The molecule has 0 radical (unpaired) electrons. The molecule has 0 aromatic heterocycles. The first kappa shape index (κ1) is 14.5. The molecule has 0 aliphatic heterocycles. The summed E-state index contributed by atoms with van der Waals surface area (Å²) in [6.45, 7) is 3.87. The highest BCUT2D eigenvalue weighted by Crippen LogP contribution is 2.29. The molecule has 1 atom stereocenters. The average molecular weight is 259 g/mol. The van der Waals surface area contributed by atoms with Crippen molar-refractivity contribution in [2.45, 2.75) is 38.9 Å². The summed E-state index contributed by atoms with van der Waals surface area (Å²) in [5.74, 6) is -0.343. The Bertz CT molecular complexity index is 398. The van der Waals surface area contributed by atoms with E-state index in [2.05, 4.69) is 5.32 Å². The van der Waals surface area contributed by atoms with Crippen LogP contribution in [0, 0.1) is 0 Å². The van der Waals surface area contributed by atoms with Gasteiger partial charge in [0, 0.05) is 11.6 Å². The molecule has 1 N–H and O–H groups in total. The number of hydrogen-bond donors (Lipinski definition) is 1. The number of amides is 1. The van der Waals surface area contributed by atoms with E-state index in [4.69, 9.17) is 0 Å². The molecule has 1 rings (SSSR count). The molecule has 0 spiro atoms. The van der Waals surface area contributed by atoms with Gasteiger partial charge < -0.3 is 5.32 Å². The second-order valence-corrected chi connectivity index (χ2v) is 4.24. The standard InChI is InChI=1S/C13H16F3NO/c1-3-4-9(2)17-12(18)10-5-7-11(8-6-10)13(14,15)16/h5-9H,3-4H2,1-2H3,(H,17,18). The molecule has 0 fully saturated rings. The Labute approximate surface area is 104 Å². The fraction of sp³-hybridized carbons (Fsp3) is 0.462. The van der Waals surface area contributed by atoms with E-state index in [1.165, 1.54) is 12.1 Å². The van der Waals surface area contributed by atoms with Crippen LogP contribution in [-0.2, 0) is 6.18 Å². The minimum absolute atomic E-state index is 0.0183. The van der Waals surface area contributed by atoms with Gasteiger partial charge in [-0.2, -0.15) is 13.2 Å². The van der Waals surface area contributed by atoms with E-state index < -0.39 is 11.7 Å². The highest BCUT2D eigenvalue weighted by molar-refractivity contribution is 5.94. The molecule has 5 heteroatoms. The van der Waals surface area contributed by atoms with Gasteiger partial charge in [-0.25, -0.2) is 0 Å². The average Bonchev–Trinajstić information content (AvgIpc) is 2.28. The maximum Gasteiger partial charge on any atom is 0.416 e. The van der Waals surface area contributed by atoms with Crippen LogP contribution in [0.1, 0.15) is 42.6 Å². The van der Waals surface area contributed by atoms with Gasteiger partial charge >= 0.3 is 6.18 Å². The number of rotatable bonds is 4. The third kappa shape index (κ3) is 4.05. The lowest BCUT2D eigenvalue weighted by molar-refractivity contribution is -0.137. The lowest BCUT2D eigenvalue weighted by atomic mass is 10.1. The summed E-state index contributed by atoms with van der Waals surface area (Å²) in [4.78, 5) is 11.7. The van der Waals surface area contributed by atoms with Crippen molar-refractivity contribution in [3.63, 3.8) is 0 Å². The van der Waals surface area contributed by atoms with Crippen LogP contribution in [0.4, 0.5) is 13.2 Å². The molecule has 1 aromatic rings. The first-order chi connectivity index (χ1) is 8.34. The second-order valence-electron chi connectivity index (χ2n) is 4.24. The summed E-state index contributed by atoms with van der Waals surface area (Å²) in [7, 11) is 0. The summed E-state index contributed by atoms with van der Waals surface area (Å²) in [6.07, 6.45) is -2.59. The van der Waals surface area contributed by atoms with Crippen LogP contribution >= 0.6 is 0 Å². The van der Waals surface area contributed by atoms with Gasteiger partial charge in [-0.05, 0) is 37.6 Å². The van der Waals surface area contributed by atoms with Crippen molar-refractivity contribution in [1.29, 1.82) is 0 Å². The van der Waals surface area contributed by atoms with E-state index in [0.29, 0.717) is 0 Å². The molecule has 0 bridgehead atoms. The fourth-order valence-electron chi connectivity index (χ4n) is 1.62. The maximum atomic E-state index is 12.3. The molecule has 0 aliphatic rings. The third-order valence-electron chi connectivity index (χ3n) is 2.57. The largest absolute Gasteiger partial charge is 0.416 e. The Hall–Kier alpha value is -1.52. The molecule has 1 aromatic carbocycles. The van der Waals surface area contributed by atoms with Gasteiger partial charge in [0.25, 0.3) is 5.91 Å². The molecule has 2 nitrogen and oxygen atoms in total. The number of halogens is 3. The summed E-state index contributed by atoms with van der Waals surface area (Å²) in [5, 5.41) is 2.74. The normalized spacial score (nSPS) is 13.2. The summed E-state index contributed by atoms with van der Waals surface area (Å²) in [5.41, 5.74) is -0.508. The molecule has 0 aliphatic carbocycles. The van der Waals surface area contributed by atoms with Crippen LogP contribution in [0.15, 0.2) is 24.3 Å². The highest BCUT2D eigenvalue weighted by Gasteiger charge is 2.30. The minimum Gasteiger partial charge on any atom is -0.350 e. The van der Waals surface area contributed by atoms with Crippen LogP contribution < -0.4 is 5.32 Å². The predicted octanol–water partition coefficient (Wildman–Crippen LogP) is 3.62. The van der Waals surface area contributed by atoms with Crippen LogP contribution in [0.3, 0.4) is 0 Å². The molecule has 1 unspecified atom stereocenters. The summed E-state index contributed by atoms with van der Waals surface area (Å²) >= 11 is 0. The summed E-state index contributed by atoms with van der Waals surface area (Å²) < 4.78 is 37.0. The zero-order chi connectivity index (χ0) is 13.8. The monoisotopic (exact) mass is 259 g/mol. The number of carbonyl (C=O) groups is 1. The van der Waals surface area contributed by atoms with Crippen molar-refractivity contribution in [3.8, 4) is 0 Å². The molecule has 100 valence electrons. The van der Waals surface area contributed by atoms with Gasteiger partial charge in [-0.3, -0.25) is 4.79 Å². The van der Waals surface area contributed by atoms with Gasteiger partial charge in [-0.1, -0.05) is 13.3 Å². The van der Waals surface area contributed by atoms with Crippen molar-refractivity contribution >= 4 is 5.91 Å². The van der Waals surface area contributed by atoms with E-state index in [1.807, 2.05) is 13.8 Å². The van der Waals surface area contributed by atoms with Gasteiger partial charge in [-0.15, -0.1) is 0 Å². The number of nitrogens with one attached hydrogen (secondary N) is 1. The van der Waals surface area contributed by atoms with Crippen molar-refractivity contribution < 1.29 is 18.0 Å². The van der Waals surface area contributed by atoms with Gasteiger partial charge in [0.15, 0.2) is 0 Å². The predicted molar refractivity (Wildman–Crippen MR) is 63.3 cm³/mol. The van der Waals surface area contributed by atoms with E-state index in [1.54, 1.807) is 0 Å². The summed E-state index contributed by atoms with van der Waals surface area (Å²) in [6, 6.07) is 4.23. The van der Waals surface area contributed by atoms with Crippen molar-refractivity contribution in [3.05, 3.63) is 35.4 Å². The first-order valence-electron chi connectivity index (χ1n) is 5.82.